The van der Waals surface area contributed by atoms with Crippen LogP contribution in [0.1, 0.15) is 12.2 Å². The van der Waals surface area contributed by atoms with E-state index >= 15 is 0 Å². The van der Waals surface area contributed by atoms with Crippen molar-refractivity contribution in [1.82, 2.24) is 14.8 Å². The van der Waals surface area contributed by atoms with Crippen LogP contribution in [0.5, 0.6) is 0 Å². The van der Waals surface area contributed by atoms with Crippen molar-refractivity contribution in [1.29, 1.82) is 0 Å². The summed E-state index contributed by atoms with van der Waals surface area (Å²) in [5, 5.41) is 9.16. The van der Waals surface area contributed by atoms with Crippen LogP contribution in [0.25, 0.3) is 11.4 Å². The van der Waals surface area contributed by atoms with E-state index < -0.39 is 0 Å². The summed E-state index contributed by atoms with van der Waals surface area (Å²) in [6.07, 6.45) is 1.77. The van der Waals surface area contributed by atoms with E-state index in [0.29, 0.717) is 5.02 Å². The molecular weight excluding hydrogens is 236 g/mol. The number of benzene rings is 1. The topological polar surface area (TPSA) is 56.7 Å². The normalized spacial score (nSPS) is 19.1. The van der Waals surface area contributed by atoms with Crippen LogP contribution in [0.4, 0.5) is 0 Å². The number of hydrogen-bond acceptors (Lipinski definition) is 3. The summed E-state index contributed by atoms with van der Waals surface area (Å²) >= 11 is 5.99. The molecule has 1 unspecified atom stereocenters. The highest BCUT2D eigenvalue weighted by molar-refractivity contribution is 6.30. The molecule has 1 aromatic heterocycles. The molecule has 2 N–H and O–H groups in total. The van der Waals surface area contributed by atoms with Gasteiger partial charge in [-0.1, -0.05) is 23.7 Å². The van der Waals surface area contributed by atoms with Crippen LogP contribution in [0, 0.1) is 0 Å². The van der Waals surface area contributed by atoms with Gasteiger partial charge in [-0.3, -0.25) is 0 Å². The van der Waals surface area contributed by atoms with Gasteiger partial charge in [0.05, 0.1) is 0 Å². The van der Waals surface area contributed by atoms with E-state index in [9.17, 15) is 0 Å². The Hall–Kier alpha value is -1.39. The first kappa shape index (κ1) is 10.7. The van der Waals surface area contributed by atoms with Gasteiger partial charge in [-0.25, -0.2) is 0 Å². The lowest BCUT2D eigenvalue weighted by Gasteiger charge is -2.20. The molecule has 0 saturated heterocycles. The fraction of sp³-hybridized carbons (Fsp3) is 0.333. The molecule has 1 aliphatic heterocycles. The number of halogens is 1. The van der Waals surface area contributed by atoms with Gasteiger partial charge in [0.25, 0.3) is 0 Å². The number of aromatic nitrogens is 3. The van der Waals surface area contributed by atoms with Crippen LogP contribution in [-0.4, -0.2) is 20.8 Å². The lowest BCUT2D eigenvalue weighted by Crippen LogP contribution is -2.31. The van der Waals surface area contributed by atoms with Gasteiger partial charge < -0.3 is 10.3 Å². The van der Waals surface area contributed by atoms with E-state index in [1.54, 1.807) is 0 Å². The summed E-state index contributed by atoms with van der Waals surface area (Å²) in [4.78, 5) is 0. The van der Waals surface area contributed by atoms with E-state index in [4.69, 9.17) is 17.3 Å². The van der Waals surface area contributed by atoms with Crippen molar-refractivity contribution in [3.05, 3.63) is 35.1 Å². The molecule has 0 amide bonds. The summed E-state index contributed by atoms with van der Waals surface area (Å²) in [7, 11) is 0. The van der Waals surface area contributed by atoms with Crippen LogP contribution in [0.3, 0.4) is 0 Å². The molecule has 1 aromatic carbocycles. The molecule has 88 valence electrons. The molecule has 4 nitrogen and oxygen atoms in total. The lowest BCUT2D eigenvalue weighted by molar-refractivity contribution is 0.466. The molecule has 5 heteroatoms. The smallest absolute Gasteiger partial charge is 0.164 e. The average molecular weight is 249 g/mol. The standard InChI is InChI=1S/C12H13ClN4/c13-9-3-1-2-8(6-9)12-16-15-11-7-10(14)4-5-17(11)12/h1-3,6,10H,4-5,7,14H2. The number of rotatable bonds is 1. The van der Waals surface area contributed by atoms with E-state index in [1.807, 2.05) is 24.3 Å². The molecule has 0 radical (unpaired) electrons. The second kappa shape index (κ2) is 4.13. The molecule has 0 spiro atoms. The maximum absolute atomic E-state index is 5.99. The van der Waals surface area contributed by atoms with E-state index in [0.717, 1.165) is 36.6 Å². The Morgan fingerprint density at radius 2 is 2.24 bits per heavy atom. The van der Waals surface area contributed by atoms with Gasteiger partial charge in [-0.15, -0.1) is 10.2 Å². The first-order chi connectivity index (χ1) is 8.24. The van der Waals surface area contributed by atoms with Gasteiger partial charge in [-0.05, 0) is 18.6 Å². The third-order valence-corrected chi connectivity index (χ3v) is 3.31. The monoisotopic (exact) mass is 248 g/mol. The molecule has 3 rings (SSSR count). The van der Waals surface area contributed by atoms with Gasteiger partial charge >= 0.3 is 0 Å². The van der Waals surface area contributed by atoms with Gasteiger partial charge in [-0.2, -0.15) is 0 Å². The summed E-state index contributed by atoms with van der Waals surface area (Å²) < 4.78 is 2.13. The van der Waals surface area contributed by atoms with Crippen LogP contribution in [0.2, 0.25) is 5.02 Å². The molecule has 0 fully saturated rings. The zero-order valence-electron chi connectivity index (χ0n) is 9.31. The molecule has 1 aliphatic rings. The third kappa shape index (κ3) is 1.94. The predicted octanol–water partition coefficient (Wildman–Crippen LogP) is 1.87. The van der Waals surface area contributed by atoms with Crippen molar-refractivity contribution >= 4 is 11.6 Å². The average Bonchev–Trinajstić information content (AvgIpc) is 2.71. The minimum Gasteiger partial charge on any atom is -0.327 e. The van der Waals surface area contributed by atoms with Gasteiger partial charge in [0.1, 0.15) is 5.82 Å². The summed E-state index contributed by atoms with van der Waals surface area (Å²) in [5.74, 6) is 1.85. The van der Waals surface area contributed by atoms with Gasteiger partial charge in [0.2, 0.25) is 0 Å². The predicted molar refractivity (Wildman–Crippen MR) is 66.8 cm³/mol. The number of nitrogens with two attached hydrogens (primary N) is 1. The fourth-order valence-corrected chi connectivity index (χ4v) is 2.38. The van der Waals surface area contributed by atoms with E-state index in [-0.39, 0.29) is 6.04 Å². The molecule has 17 heavy (non-hydrogen) atoms. The minimum atomic E-state index is 0.207. The van der Waals surface area contributed by atoms with Gasteiger partial charge in [0, 0.05) is 29.6 Å². The Morgan fingerprint density at radius 3 is 3.06 bits per heavy atom. The van der Waals surface area contributed by atoms with Crippen molar-refractivity contribution in [2.24, 2.45) is 5.73 Å². The van der Waals surface area contributed by atoms with Crippen molar-refractivity contribution in [2.45, 2.75) is 25.4 Å². The zero-order valence-corrected chi connectivity index (χ0v) is 10.1. The maximum Gasteiger partial charge on any atom is 0.164 e. The SMILES string of the molecule is NC1CCn2c(nnc2-c2cccc(Cl)c2)C1. The highest BCUT2D eigenvalue weighted by Crippen LogP contribution is 2.24. The van der Waals surface area contributed by atoms with Crippen molar-refractivity contribution in [3.63, 3.8) is 0 Å². The Morgan fingerprint density at radius 1 is 1.35 bits per heavy atom. The fourth-order valence-electron chi connectivity index (χ4n) is 2.19. The zero-order chi connectivity index (χ0) is 11.8. The largest absolute Gasteiger partial charge is 0.327 e. The van der Waals surface area contributed by atoms with Crippen LogP contribution in [-0.2, 0) is 13.0 Å². The van der Waals surface area contributed by atoms with Crippen LogP contribution >= 0.6 is 11.6 Å². The van der Waals surface area contributed by atoms with Crippen molar-refractivity contribution in [2.75, 3.05) is 0 Å². The molecule has 0 aliphatic carbocycles. The number of hydrogen-bond donors (Lipinski definition) is 1. The first-order valence-electron chi connectivity index (χ1n) is 5.67. The summed E-state index contributed by atoms with van der Waals surface area (Å²) in [6, 6.07) is 7.90. The first-order valence-corrected chi connectivity index (χ1v) is 6.05. The number of nitrogens with zero attached hydrogens (tertiary/aromatic N) is 3. The highest BCUT2D eigenvalue weighted by atomic mass is 35.5. The minimum absolute atomic E-state index is 0.207. The summed E-state index contributed by atoms with van der Waals surface area (Å²) in [6.45, 7) is 0.880. The lowest BCUT2D eigenvalue weighted by atomic mass is 10.1. The molecule has 0 bridgehead atoms. The quantitative estimate of drug-likeness (QED) is 0.838. The Labute approximate surface area is 104 Å². The highest BCUT2D eigenvalue weighted by Gasteiger charge is 2.21. The van der Waals surface area contributed by atoms with E-state index in [2.05, 4.69) is 14.8 Å². The second-order valence-corrected chi connectivity index (χ2v) is 4.79. The third-order valence-electron chi connectivity index (χ3n) is 3.08. The van der Waals surface area contributed by atoms with Crippen LogP contribution in [0.15, 0.2) is 24.3 Å². The Kier molecular flexibility index (Phi) is 2.61. The van der Waals surface area contributed by atoms with Crippen LogP contribution < -0.4 is 5.73 Å². The maximum atomic E-state index is 5.99. The summed E-state index contributed by atoms with van der Waals surface area (Å²) in [5.41, 5.74) is 6.93. The number of fused-ring (bicyclic) bond motifs is 1. The molecule has 1 atom stereocenters. The molecule has 2 heterocycles. The molecule has 0 saturated carbocycles. The van der Waals surface area contributed by atoms with Gasteiger partial charge in [0.15, 0.2) is 5.82 Å². The van der Waals surface area contributed by atoms with Crippen molar-refractivity contribution < 1.29 is 0 Å². The molecule has 2 aromatic rings. The van der Waals surface area contributed by atoms with E-state index in [1.165, 1.54) is 0 Å². The Balaban J connectivity index is 2.05. The second-order valence-electron chi connectivity index (χ2n) is 4.35. The molecular formula is C12H13ClN4. The Bertz CT molecular complexity index is 549. The van der Waals surface area contributed by atoms with Crippen molar-refractivity contribution in [3.8, 4) is 11.4 Å².